The molecule has 0 aliphatic rings. The fourth-order valence-corrected chi connectivity index (χ4v) is 0.501. The molecule has 0 aromatic carbocycles. The minimum Gasteiger partial charge on any atom is -0.185 e. The van der Waals surface area contributed by atoms with Gasteiger partial charge in [0.25, 0.3) is 0 Å². The first-order valence-corrected chi connectivity index (χ1v) is 2.55. The van der Waals surface area contributed by atoms with Crippen LogP contribution in [-0.4, -0.2) is 15.0 Å². The Labute approximate surface area is 48.3 Å². The lowest BCUT2D eigenvalue weighted by Crippen LogP contribution is -2.00. The van der Waals surface area contributed by atoms with Gasteiger partial charge in [-0.25, -0.2) is 0 Å². The summed E-state index contributed by atoms with van der Waals surface area (Å²) in [6.45, 7) is 2.77. The van der Waals surface area contributed by atoms with E-state index >= 15 is 0 Å². The summed E-state index contributed by atoms with van der Waals surface area (Å²) >= 11 is 0. The second-order valence-electron chi connectivity index (χ2n) is 1.49. The van der Waals surface area contributed by atoms with Crippen LogP contribution in [0.15, 0.2) is 12.4 Å². The van der Waals surface area contributed by atoms with Crippen LogP contribution in [0.2, 0.25) is 0 Å². The maximum absolute atomic E-state index is 3.88. The summed E-state index contributed by atoms with van der Waals surface area (Å²) in [4.78, 5) is 1.62. The molecular formula is C5H8N3. The number of nitrogens with zero attached hydrogens (tertiary/aromatic N) is 3. The highest BCUT2D eigenvalue weighted by atomic mass is 15.5. The maximum Gasteiger partial charge on any atom is 0.0693 e. The first-order valence-electron chi connectivity index (χ1n) is 2.55. The Morgan fingerprint density at radius 1 is 1.50 bits per heavy atom. The van der Waals surface area contributed by atoms with E-state index < -0.39 is 0 Å². The predicted octanol–water partition coefficient (Wildman–Crippen LogP) is 0.502. The van der Waals surface area contributed by atoms with E-state index in [1.807, 2.05) is 13.3 Å². The second kappa shape index (κ2) is 2.45. The average molecular weight is 110 g/mol. The van der Waals surface area contributed by atoms with Crippen LogP contribution in [0.3, 0.4) is 0 Å². The van der Waals surface area contributed by atoms with E-state index in [1.165, 1.54) is 0 Å². The number of rotatable bonds is 2. The number of hydrogen-bond acceptors (Lipinski definition) is 2. The molecule has 43 valence electrons. The fourth-order valence-electron chi connectivity index (χ4n) is 0.501. The molecule has 0 saturated heterocycles. The van der Waals surface area contributed by atoms with Gasteiger partial charge in [-0.1, -0.05) is 6.92 Å². The van der Waals surface area contributed by atoms with Crippen molar-refractivity contribution in [1.29, 1.82) is 0 Å². The van der Waals surface area contributed by atoms with Crippen molar-refractivity contribution in [1.82, 2.24) is 15.0 Å². The smallest absolute Gasteiger partial charge is 0.0693 e. The van der Waals surface area contributed by atoms with E-state index in [0.29, 0.717) is 0 Å². The van der Waals surface area contributed by atoms with Crippen molar-refractivity contribution in [2.75, 3.05) is 0 Å². The molecule has 0 aliphatic heterocycles. The predicted molar refractivity (Wildman–Crippen MR) is 30.0 cm³/mol. The molecule has 0 atom stereocenters. The lowest BCUT2D eigenvalue weighted by Gasteiger charge is -1.90. The van der Waals surface area contributed by atoms with Gasteiger partial charge in [-0.3, -0.25) is 0 Å². The van der Waals surface area contributed by atoms with Crippen molar-refractivity contribution in [3.63, 3.8) is 0 Å². The molecule has 1 heterocycles. The van der Waals surface area contributed by atoms with Crippen molar-refractivity contribution in [3.05, 3.63) is 18.8 Å². The Bertz CT molecular complexity index is 133. The van der Waals surface area contributed by atoms with Crippen molar-refractivity contribution in [2.45, 2.75) is 13.5 Å². The molecule has 0 fully saturated rings. The molecule has 1 rings (SSSR count). The molecule has 0 unspecified atom stereocenters. The topological polar surface area (TPSA) is 30.7 Å². The number of aromatic nitrogens is 3. The van der Waals surface area contributed by atoms with Crippen LogP contribution in [0, 0.1) is 6.42 Å². The maximum atomic E-state index is 3.88. The summed E-state index contributed by atoms with van der Waals surface area (Å²) in [5.41, 5.74) is 0. The Morgan fingerprint density at radius 2 is 2.12 bits per heavy atom. The molecule has 3 nitrogen and oxygen atoms in total. The molecule has 3 heteroatoms. The van der Waals surface area contributed by atoms with Crippen molar-refractivity contribution >= 4 is 0 Å². The van der Waals surface area contributed by atoms with Gasteiger partial charge in [0.1, 0.15) is 0 Å². The quantitative estimate of drug-likeness (QED) is 0.555. The number of hydrogen-bond donors (Lipinski definition) is 0. The van der Waals surface area contributed by atoms with Crippen LogP contribution < -0.4 is 0 Å². The highest BCUT2D eigenvalue weighted by Gasteiger charge is 1.84. The molecular weight excluding hydrogens is 102 g/mol. The van der Waals surface area contributed by atoms with Crippen LogP contribution in [0.25, 0.3) is 0 Å². The minimum atomic E-state index is 0.799. The monoisotopic (exact) mass is 110 g/mol. The molecule has 1 aromatic rings. The lowest BCUT2D eigenvalue weighted by molar-refractivity contribution is 0.581. The summed E-state index contributed by atoms with van der Waals surface area (Å²) < 4.78 is 0. The largest absolute Gasteiger partial charge is 0.185 e. The van der Waals surface area contributed by atoms with Gasteiger partial charge in [-0.05, 0) is 6.42 Å². The third-order valence-electron chi connectivity index (χ3n) is 0.812. The third kappa shape index (κ3) is 1.05. The molecule has 0 aliphatic carbocycles. The summed E-state index contributed by atoms with van der Waals surface area (Å²) in [5, 5.41) is 7.76. The Kier molecular flexibility index (Phi) is 1.62. The second-order valence-corrected chi connectivity index (χ2v) is 1.49. The third-order valence-corrected chi connectivity index (χ3v) is 0.812. The molecule has 0 saturated carbocycles. The van der Waals surface area contributed by atoms with E-state index in [1.54, 1.807) is 17.2 Å². The molecule has 1 aromatic heterocycles. The standard InChI is InChI=1S/C5H8N3/c1-2-5-8-6-3-4-7-8/h2-4H,5H2,1H3. The summed E-state index contributed by atoms with van der Waals surface area (Å²) in [7, 11) is 0. The average Bonchev–Trinajstić information content (AvgIpc) is 2.19. The first-order chi connectivity index (χ1) is 3.93. The summed E-state index contributed by atoms with van der Waals surface area (Å²) in [5.74, 6) is 0. The van der Waals surface area contributed by atoms with Crippen LogP contribution in [0.1, 0.15) is 6.92 Å². The molecule has 0 spiro atoms. The highest BCUT2D eigenvalue weighted by Crippen LogP contribution is 1.79. The zero-order valence-electron chi connectivity index (χ0n) is 4.78. The Balaban J connectivity index is 2.50. The van der Waals surface area contributed by atoms with E-state index in [0.717, 1.165) is 6.54 Å². The minimum absolute atomic E-state index is 0.799. The van der Waals surface area contributed by atoms with Gasteiger partial charge in [-0.2, -0.15) is 15.0 Å². The van der Waals surface area contributed by atoms with E-state index in [2.05, 4.69) is 10.2 Å². The van der Waals surface area contributed by atoms with E-state index in [-0.39, 0.29) is 0 Å². The fraction of sp³-hybridized carbons (Fsp3) is 0.400. The van der Waals surface area contributed by atoms with Crippen molar-refractivity contribution in [2.24, 2.45) is 0 Å². The zero-order chi connectivity index (χ0) is 5.82. The molecule has 0 N–H and O–H groups in total. The highest BCUT2D eigenvalue weighted by molar-refractivity contribution is 4.62. The summed E-state index contributed by atoms with van der Waals surface area (Å²) in [6.07, 6.45) is 5.34. The van der Waals surface area contributed by atoms with Gasteiger partial charge >= 0.3 is 0 Å². The molecule has 1 radical (unpaired) electrons. The van der Waals surface area contributed by atoms with Gasteiger partial charge in [0.05, 0.1) is 18.9 Å². The van der Waals surface area contributed by atoms with Gasteiger partial charge in [-0.15, -0.1) is 0 Å². The van der Waals surface area contributed by atoms with E-state index in [4.69, 9.17) is 0 Å². The van der Waals surface area contributed by atoms with Crippen LogP contribution >= 0.6 is 0 Å². The van der Waals surface area contributed by atoms with Crippen LogP contribution in [0.4, 0.5) is 0 Å². The first kappa shape index (κ1) is 5.28. The lowest BCUT2D eigenvalue weighted by atomic mass is 10.5. The summed E-state index contributed by atoms with van der Waals surface area (Å²) in [6, 6.07) is 0. The zero-order valence-corrected chi connectivity index (χ0v) is 4.78. The van der Waals surface area contributed by atoms with Crippen LogP contribution in [-0.2, 0) is 6.54 Å². The Morgan fingerprint density at radius 3 is 2.62 bits per heavy atom. The van der Waals surface area contributed by atoms with Gasteiger partial charge < -0.3 is 0 Å². The van der Waals surface area contributed by atoms with Gasteiger partial charge in [0.15, 0.2) is 0 Å². The molecule has 8 heavy (non-hydrogen) atoms. The molecule has 0 amide bonds. The van der Waals surface area contributed by atoms with Crippen molar-refractivity contribution < 1.29 is 0 Å². The Hall–Kier alpha value is -0.860. The van der Waals surface area contributed by atoms with Gasteiger partial charge in [0, 0.05) is 0 Å². The SMILES string of the molecule is C[CH]Cn1nccn1. The molecule has 0 bridgehead atoms. The normalized spacial score (nSPS) is 9.62. The van der Waals surface area contributed by atoms with E-state index in [9.17, 15) is 0 Å². The van der Waals surface area contributed by atoms with Crippen LogP contribution in [0.5, 0.6) is 0 Å². The van der Waals surface area contributed by atoms with Crippen molar-refractivity contribution in [3.8, 4) is 0 Å². The van der Waals surface area contributed by atoms with Gasteiger partial charge in [0.2, 0.25) is 0 Å².